The summed E-state index contributed by atoms with van der Waals surface area (Å²) in [6.07, 6.45) is 0.811. The van der Waals surface area contributed by atoms with Crippen LogP contribution >= 0.6 is 0 Å². The number of carboxylic acid groups (broad SMARTS) is 1. The molecule has 2 aliphatic rings. The van der Waals surface area contributed by atoms with Crippen LogP contribution in [-0.2, 0) is 26.2 Å². The van der Waals surface area contributed by atoms with Crippen molar-refractivity contribution < 1.29 is 45.8 Å². The number of rotatable bonds is 8. The van der Waals surface area contributed by atoms with Gasteiger partial charge in [-0.25, -0.2) is 32.3 Å². The van der Waals surface area contributed by atoms with Crippen LogP contribution in [0.2, 0.25) is 0 Å². The van der Waals surface area contributed by atoms with E-state index < -0.39 is 45.4 Å². The first kappa shape index (κ1) is 27.8. The van der Waals surface area contributed by atoms with Crippen LogP contribution in [0.15, 0.2) is 43.0 Å². The van der Waals surface area contributed by atoms with E-state index in [2.05, 4.69) is 20.6 Å². The molecular weight excluding hydrogens is 523 g/mol. The zero-order chi connectivity index (χ0) is 27.4. The quantitative estimate of drug-likeness (QED) is 0.418. The van der Waals surface area contributed by atoms with E-state index in [1.807, 2.05) is 0 Å². The average Bonchev–Trinajstić information content (AvgIpc) is 3.62. The highest BCUT2D eigenvalue weighted by atomic mass is 32.2. The van der Waals surface area contributed by atoms with E-state index in [4.69, 9.17) is 14.6 Å². The molecule has 3 amide bonds. The third-order valence-electron chi connectivity index (χ3n) is 5.47. The van der Waals surface area contributed by atoms with Gasteiger partial charge in [0.05, 0.1) is 18.1 Å². The molecule has 2 heterocycles. The minimum atomic E-state index is -5.08. The Kier molecular flexibility index (Phi) is 8.02. The van der Waals surface area contributed by atoms with Gasteiger partial charge in [-0.3, -0.25) is 10.1 Å². The van der Waals surface area contributed by atoms with Crippen molar-refractivity contribution in [2.45, 2.75) is 31.1 Å². The van der Waals surface area contributed by atoms with Crippen LogP contribution in [-0.4, -0.2) is 70.2 Å². The van der Waals surface area contributed by atoms with Crippen LogP contribution < -0.4 is 15.4 Å². The monoisotopic (exact) mass is 545 g/mol. The Morgan fingerprint density at radius 3 is 2.19 bits per heavy atom. The van der Waals surface area contributed by atoms with Crippen LogP contribution in [0, 0.1) is 5.92 Å². The molecule has 0 radical (unpaired) electrons. The summed E-state index contributed by atoms with van der Waals surface area (Å²) in [5.74, 6) is -2.89. The summed E-state index contributed by atoms with van der Waals surface area (Å²) < 4.78 is 64.4. The molecule has 1 atom stereocenters. The van der Waals surface area contributed by atoms with Gasteiger partial charge in [-0.05, 0) is 36.5 Å². The fourth-order valence-corrected chi connectivity index (χ4v) is 5.06. The first-order chi connectivity index (χ1) is 17.2. The normalized spacial score (nSPS) is 19.5. The molecule has 1 aliphatic carbocycles. The number of halogens is 3. The summed E-state index contributed by atoms with van der Waals surface area (Å²) in [6, 6.07) is 6.31. The molecule has 1 aromatic heterocycles. The average molecular weight is 545 g/mol. The van der Waals surface area contributed by atoms with Crippen molar-refractivity contribution in [2.75, 3.05) is 12.8 Å². The van der Waals surface area contributed by atoms with Gasteiger partial charge in [-0.2, -0.15) is 13.2 Å². The minimum Gasteiger partial charge on any atom is -0.475 e. The van der Waals surface area contributed by atoms with Gasteiger partial charge in [0.1, 0.15) is 17.6 Å². The number of aliphatic carboxylic acids is 1. The molecule has 37 heavy (non-hydrogen) atoms. The Morgan fingerprint density at radius 1 is 1.16 bits per heavy atom. The van der Waals surface area contributed by atoms with Crippen molar-refractivity contribution in [2.24, 2.45) is 5.92 Å². The number of sulfonamides is 1. The van der Waals surface area contributed by atoms with E-state index in [0.29, 0.717) is 24.3 Å². The van der Waals surface area contributed by atoms with Gasteiger partial charge in [0, 0.05) is 13.6 Å². The lowest BCUT2D eigenvalue weighted by molar-refractivity contribution is -0.192. The number of nitrogens with zero attached hydrogens (tertiary/aromatic N) is 3. The number of imide groups is 1. The second-order valence-corrected chi connectivity index (χ2v) is 10.4. The number of carbonyl (C=O) groups excluding carboxylic acids is 2. The van der Waals surface area contributed by atoms with E-state index >= 15 is 0 Å². The molecule has 200 valence electrons. The third-order valence-corrected chi connectivity index (χ3v) is 7.37. The first-order valence-electron chi connectivity index (χ1n) is 10.6. The Hall–Kier alpha value is -3.79. The largest absolute Gasteiger partial charge is 0.490 e. The Bertz CT molecular complexity index is 1260. The Morgan fingerprint density at radius 2 is 1.73 bits per heavy atom. The number of hydrogen-bond donors (Lipinski definition) is 3. The fourth-order valence-electron chi connectivity index (χ4n) is 3.48. The molecule has 1 saturated heterocycles. The van der Waals surface area contributed by atoms with Crippen molar-refractivity contribution in [1.29, 1.82) is 0 Å². The summed E-state index contributed by atoms with van der Waals surface area (Å²) in [7, 11) is -2.36. The molecule has 1 saturated carbocycles. The second-order valence-electron chi connectivity index (χ2n) is 8.29. The number of carbonyl (C=O) groups is 3. The molecule has 2 aromatic rings. The van der Waals surface area contributed by atoms with Gasteiger partial charge in [0.25, 0.3) is 5.91 Å². The van der Waals surface area contributed by atoms with Gasteiger partial charge < -0.3 is 15.2 Å². The van der Waals surface area contributed by atoms with Crippen LogP contribution in [0.4, 0.5) is 18.0 Å². The molecule has 12 nitrogen and oxygen atoms in total. The number of urea groups is 1. The Labute approximate surface area is 208 Å². The summed E-state index contributed by atoms with van der Waals surface area (Å²) in [5, 5.41) is 11.8. The number of hydrogen-bond acceptors (Lipinski definition) is 8. The predicted molar refractivity (Wildman–Crippen MR) is 120 cm³/mol. The number of carboxylic acids is 1. The number of amides is 3. The number of aromatic nitrogens is 2. The zero-order valence-corrected chi connectivity index (χ0v) is 20.0. The smallest absolute Gasteiger partial charge is 0.475 e. The van der Waals surface area contributed by atoms with Crippen molar-refractivity contribution in [3.8, 4) is 11.5 Å². The van der Waals surface area contributed by atoms with Crippen LogP contribution in [0.3, 0.4) is 0 Å². The topological polar surface area (TPSA) is 168 Å². The number of benzene rings is 1. The molecular formula is C21H22F3N5O7S. The van der Waals surface area contributed by atoms with Gasteiger partial charge in [0.2, 0.25) is 10.0 Å². The maximum absolute atomic E-state index is 12.9. The molecule has 4 rings (SSSR count). The molecule has 2 fully saturated rings. The molecule has 3 N–H and O–H groups in total. The fraction of sp³-hybridized carbons (Fsp3) is 0.381. The summed E-state index contributed by atoms with van der Waals surface area (Å²) >= 11 is 0. The van der Waals surface area contributed by atoms with E-state index in [-0.39, 0.29) is 12.5 Å². The van der Waals surface area contributed by atoms with Gasteiger partial charge in [-0.15, -0.1) is 0 Å². The lowest BCUT2D eigenvalue weighted by atomic mass is 9.96. The Balaban J connectivity index is 0.000000479. The van der Waals surface area contributed by atoms with Gasteiger partial charge >= 0.3 is 18.2 Å². The lowest BCUT2D eigenvalue weighted by Crippen LogP contribution is -2.56. The van der Waals surface area contributed by atoms with Crippen molar-refractivity contribution >= 4 is 27.9 Å². The van der Waals surface area contributed by atoms with E-state index in [1.54, 1.807) is 24.3 Å². The predicted octanol–water partition coefficient (Wildman–Crippen LogP) is 1.65. The second kappa shape index (κ2) is 10.7. The summed E-state index contributed by atoms with van der Waals surface area (Å²) in [4.78, 5) is 40.6. The number of alkyl halides is 3. The molecule has 0 bridgehead atoms. The van der Waals surface area contributed by atoms with Gasteiger partial charge in [0.15, 0.2) is 5.75 Å². The lowest BCUT2D eigenvalue weighted by Gasteiger charge is -2.28. The third kappa shape index (κ3) is 7.13. The zero-order valence-electron chi connectivity index (χ0n) is 19.2. The van der Waals surface area contributed by atoms with Crippen LogP contribution in [0.25, 0.3) is 0 Å². The highest BCUT2D eigenvalue weighted by Gasteiger charge is 2.58. The SMILES string of the molecule is CN(Cc1ccc(Oc2cncnc2)cc1)S(=O)(=O)C[C@@]1(C2CC2)NC(=O)NC1=O.O=C(O)C(F)(F)F. The van der Waals surface area contributed by atoms with E-state index in [0.717, 1.165) is 5.56 Å². The molecule has 16 heteroatoms. The highest BCUT2D eigenvalue weighted by Crippen LogP contribution is 2.42. The number of ether oxygens (including phenoxy) is 1. The molecule has 1 aliphatic heterocycles. The van der Waals surface area contributed by atoms with Crippen molar-refractivity contribution in [3.63, 3.8) is 0 Å². The highest BCUT2D eigenvalue weighted by molar-refractivity contribution is 7.89. The maximum atomic E-state index is 12.9. The first-order valence-corrected chi connectivity index (χ1v) is 12.2. The molecule has 1 aromatic carbocycles. The van der Waals surface area contributed by atoms with Crippen molar-refractivity contribution in [1.82, 2.24) is 24.9 Å². The summed E-state index contributed by atoms with van der Waals surface area (Å²) in [5.41, 5.74) is -0.641. The van der Waals surface area contributed by atoms with E-state index in [1.165, 1.54) is 30.1 Å². The van der Waals surface area contributed by atoms with Gasteiger partial charge in [-0.1, -0.05) is 12.1 Å². The van der Waals surface area contributed by atoms with Crippen LogP contribution in [0.1, 0.15) is 18.4 Å². The summed E-state index contributed by atoms with van der Waals surface area (Å²) in [6.45, 7) is 0.118. The molecule has 0 spiro atoms. The maximum Gasteiger partial charge on any atom is 0.490 e. The molecule has 0 unspecified atom stereocenters. The standard InChI is InChI=1S/C19H21N5O5S.C2HF3O2/c1-24(10-13-2-6-15(7-3-13)29-16-8-20-12-21-9-16)30(27,28)11-19(14-4-5-14)17(25)22-18(26)23-19;3-2(4,5)1(6)7/h2-3,6-9,12,14H,4-5,10-11H2,1H3,(H2,22,23,25,26);(H,6,7)/t19-;/m0./s1. The van der Waals surface area contributed by atoms with E-state index in [9.17, 15) is 31.2 Å². The number of nitrogens with one attached hydrogen (secondary N) is 2. The minimum absolute atomic E-state index is 0.118. The van der Waals surface area contributed by atoms with Crippen LogP contribution in [0.5, 0.6) is 11.5 Å². The van der Waals surface area contributed by atoms with Crippen molar-refractivity contribution in [3.05, 3.63) is 48.5 Å².